The van der Waals surface area contributed by atoms with Crippen LogP contribution in [0.4, 0.5) is 5.13 Å². The minimum Gasteiger partial charge on any atom is -0.614 e. The predicted octanol–water partition coefficient (Wildman–Crippen LogP) is 1.73. The lowest BCUT2D eigenvalue weighted by molar-refractivity contribution is -0.880. The molecule has 3 aliphatic rings. The van der Waals surface area contributed by atoms with Crippen molar-refractivity contribution in [2.45, 2.75) is 69.8 Å². The summed E-state index contributed by atoms with van der Waals surface area (Å²) in [4.78, 5) is 94.2. The number of methoxy groups -OCH3 is 3. The molecule has 0 aliphatic carbocycles. The van der Waals surface area contributed by atoms with Crippen molar-refractivity contribution in [2.24, 2.45) is 5.16 Å². The summed E-state index contributed by atoms with van der Waals surface area (Å²) in [6.45, 7) is 4.97. The van der Waals surface area contributed by atoms with Gasteiger partial charge in [0, 0.05) is 49.0 Å². The Kier molecular flexibility index (Phi) is 15.5. The number of piperidine rings is 1. The summed E-state index contributed by atoms with van der Waals surface area (Å²) < 4.78 is 43.5. The first kappa shape index (κ1) is 52.0. The van der Waals surface area contributed by atoms with Crippen molar-refractivity contribution in [1.82, 2.24) is 24.7 Å². The van der Waals surface area contributed by atoms with Gasteiger partial charge in [-0.3, -0.25) is 28.5 Å². The zero-order valence-corrected chi connectivity index (χ0v) is 42.5. The van der Waals surface area contributed by atoms with E-state index in [1.165, 1.54) is 53.6 Å². The summed E-state index contributed by atoms with van der Waals surface area (Å²) in [6.07, 6.45) is 2.37. The number of anilines is 1. The van der Waals surface area contributed by atoms with E-state index in [1.807, 2.05) is 32.3 Å². The molecule has 376 valence electrons. The van der Waals surface area contributed by atoms with Crippen LogP contribution >= 0.6 is 11.3 Å². The number of carbonyl (C=O) groups excluding carboxylic acids is 5. The lowest BCUT2D eigenvalue weighted by Crippen LogP contribution is -2.76. The van der Waals surface area contributed by atoms with Crippen LogP contribution in [0.25, 0.3) is 0 Å². The number of benzene rings is 2. The molecule has 71 heavy (non-hydrogen) atoms. The number of likely N-dealkylation sites (tertiary alicyclic amines) is 1. The minimum absolute atomic E-state index is 0.0229. The van der Waals surface area contributed by atoms with Crippen LogP contribution in [0.3, 0.4) is 0 Å². The lowest BCUT2D eigenvalue weighted by Gasteiger charge is -2.52. The maximum Gasteiger partial charge on any atom is 0.343 e. The molecule has 3 aliphatic heterocycles. The van der Waals surface area contributed by atoms with Crippen molar-refractivity contribution in [2.75, 3.05) is 60.0 Å². The molecular formula is C47H56BN8O13S2+. The van der Waals surface area contributed by atoms with Gasteiger partial charge in [-0.25, -0.2) is 14.7 Å². The van der Waals surface area contributed by atoms with E-state index in [1.54, 1.807) is 48.0 Å². The molecule has 3 atom stereocenters. The summed E-state index contributed by atoms with van der Waals surface area (Å²) in [5.74, 6) is -1.57. The summed E-state index contributed by atoms with van der Waals surface area (Å²) in [7, 11) is 9.51. The van der Waals surface area contributed by atoms with Crippen LogP contribution in [-0.4, -0.2) is 149 Å². The second-order valence-electron chi connectivity index (χ2n) is 17.9. The molecule has 3 amide bonds. The molecule has 0 spiro atoms. The highest BCUT2D eigenvalue weighted by Crippen LogP contribution is 2.41. The summed E-state index contributed by atoms with van der Waals surface area (Å²) >= 11 is -0.816. The zero-order chi connectivity index (χ0) is 51.5. The summed E-state index contributed by atoms with van der Waals surface area (Å²) in [6, 6.07) is 12.3. The fourth-order valence-corrected chi connectivity index (χ4v) is 10.8. The maximum atomic E-state index is 14.5. The normalized spacial score (nSPS) is 18.5. The first-order valence-corrected chi connectivity index (χ1v) is 24.6. The average molecular weight is 1020 g/mol. The number of carbonyl (C=O) groups is 5. The average Bonchev–Trinajstić information content (AvgIpc) is 3.80. The molecule has 2 aromatic carbocycles. The summed E-state index contributed by atoms with van der Waals surface area (Å²) in [5, 5.41) is 6.95. The molecule has 2 fully saturated rings. The Morgan fingerprint density at radius 3 is 2.28 bits per heavy atom. The van der Waals surface area contributed by atoms with E-state index in [2.05, 4.69) is 15.5 Å². The number of oxime groups is 1. The van der Waals surface area contributed by atoms with Gasteiger partial charge in [-0.2, -0.15) is 0 Å². The molecule has 7 rings (SSSR count). The Hall–Kier alpha value is -6.89. The number of nitrogens with two attached hydrogens (primary N) is 1. The van der Waals surface area contributed by atoms with E-state index >= 15 is 0 Å². The molecule has 0 bridgehead atoms. The number of thiazole rings is 1. The molecule has 2 aromatic heterocycles. The van der Waals surface area contributed by atoms with Crippen molar-refractivity contribution in [3.8, 4) is 23.0 Å². The van der Waals surface area contributed by atoms with Gasteiger partial charge in [0.2, 0.25) is 10.8 Å². The van der Waals surface area contributed by atoms with Gasteiger partial charge in [0.25, 0.3) is 17.7 Å². The number of nitrogen functional groups attached to an aromatic ring is 1. The molecule has 0 radical (unpaired) electrons. The van der Waals surface area contributed by atoms with E-state index in [-0.39, 0.29) is 82.0 Å². The number of nitrogens with zero attached hydrogens (tertiary/aromatic N) is 6. The van der Waals surface area contributed by atoms with Crippen LogP contribution in [0.2, 0.25) is 0 Å². The van der Waals surface area contributed by atoms with Crippen molar-refractivity contribution in [1.29, 1.82) is 0 Å². The molecule has 5 heterocycles. The molecule has 2 saturated heterocycles. The highest BCUT2D eigenvalue weighted by atomic mass is 32.2. The highest BCUT2D eigenvalue weighted by molar-refractivity contribution is 7.92. The van der Waals surface area contributed by atoms with Crippen molar-refractivity contribution < 1.29 is 61.4 Å². The number of ether oxygens (including phenoxy) is 4. The van der Waals surface area contributed by atoms with Gasteiger partial charge in [-0.1, -0.05) is 17.3 Å². The molecule has 0 saturated carbocycles. The molecule has 1 unspecified atom stereocenters. The number of nitrogens with one attached hydrogen (secondary N) is 1. The quantitative estimate of drug-likeness (QED) is 0.0360. The van der Waals surface area contributed by atoms with Crippen LogP contribution in [0.5, 0.6) is 23.0 Å². The maximum absolute atomic E-state index is 14.5. The Bertz CT molecular complexity index is 2840. The van der Waals surface area contributed by atoms with Gasteiger partial charge in [0.1, 0.15) is 35.2 Å². The number of pyridine rings is 1. The van der Waals surface area contributed by atoms with E-state index in [9.17, 15) is 33.3 Å². The van der Waals surface area contributed by atoms with Crippen LogP contribution in [0.15, 0.2) is 81.5 Å². The number of rotatable bonds is 18. The van der Waals surface area contributed by atoms with E-state index in [0.29, 0.717) is 41.4 Å². The van der Waals surface area contributed by atoms with Crippen molar-refractivity contribution in [3.63, 3.8) is 0 Å². The van der Waals surface area contributed by atoms with Gasteiger partial charge in [-0.05, 0) is 61.8 Å². The van der Waals surface area contributed by atoms with Gasteiger partial charge in [0.15, 0.2) is 51.2 Å². The Morgan fingerprint density at radius 1 is 1.00 bits per heavy atom. The van der Waals surface area contributed by atoms with E-state index in [4.69, 9.17) is 34.2 Å². The Morgan fingerprint density at radius 2 is 1.68 bits per heavy atom. The molecule has 4 aromatic rings. The zero-order valence-electron chi connectivity index (χ0n) is 40.8. The topological polar surface area (TPSA) is 256 Å². The second kappa shape index (κ2) is 21.2. The fourth-order valence-electron chi connectivity index (χ4n) is 8.44. The number of β-lactam (4-membered cyclic amide) rings is 1. The number of aromatic nitrogens is 2. The van der Waals surface area contributed by atoms with Gasteiger partial charge < -0.3 is 53.5 Å². The second-order valence-corrected chi connectivity index (χ2v) is 20.3. The number of Topliss-reactive ketones (excluding diaryl/α,β-unsaturated/α-hetero) is 1. The van der Waals surface area contributed by atoms with Gasteiger partial charge >= 0.3 is 14.0 Å². The number of amides is 3. The SMILES string of the molecule is BOC(=O)C1=C([N+](C)(C)C2CCN(C(=O)c3cc(=O)c(OCc4ccc(OC)cc4)cn3Cc3ccc(OC)cc3OC)CC2)C[S+]([O-])[C@@H]2[C@H](NC(=O)/C(=N\OC(C)(C)C(C)=O)c3csc(N)n3)C(=O)N12. The standard InChI is InChI=1S/C47H55BN8O13S2/c1-26(57)47(2,3)69-52-38(32-24-70-46(49)50-32)41(59)51-39-43(61)55-40(45(62)68-48)34(25-71(63)44(39)55)56(4,5)29-15-17-53(18-16-29)42(60)33-20-35(58)37(67-23-27-9-12-30(64-6)13-10-27)22-54(33)21-28-11-14-31(65-7)19-36(28)66-8/h9-14,19-20,22,24,29,39,44H,15-18,21,23,25,48H2,1-8H3,(H2-,49,50,51,59)/p+1/b52-38-/t39-,44-,71?/m1/s1. The number of hydrogen-bond acceptors (Lipinski definition) is 17. The number of hydrogen-bond donors (Lipinski definition) is 2. The van der Waals surface area contributed by atoms with Crippen molar-refractivity contribution >= 4 is 70.9 Å². The third-order valence-electron chi connectivity index (χ3n) is 13.0. The lowest BCUT2D eigenvalue weighted by atomic mass is 9.98. The third kappa shape index (κ3) is 10.7. The van der Waals surface area contributed by atoms with Gasteiger partial charge in [-0.15, -0.1) is 11.3 Å². The van der Waals surface area contributed by atoms with Crippen LogP contribution in [0, 0.1) is 0 Å². The third-order valence-corrected chi connectivity index (χ3v) is 15.3. The van der Waals surface area contributed by atoms with Gasteiger partial charge in [0.05, 0.1) is 54.2 Å². The van der Waals surface area contributed by atoms with Crippen LogP contribution < -0.4 is 35.4 Å². The van der Waals surface area contributed by atoms with Crippen molar-refractivity contribution in [3.05, 3.63) is 104 Å². The summed E-state index contributed by atoms with van der Waals surface area (Å²) in [5.41, 5.74) is 5.51. The Balaban J connectivity index is 1.11. The number of ketones is 1. The first-order chi connectivity index (χ1) is 33.7. The molecule has 21 nitrogen and oxygen atoms in total. The first-order valence-electron chi connectivity index (χ1n) is 22.4. The molecular weight excluding hydrogens is 960 g/mol. The van der Waals surface area contributed by atoms with E-state index in [0.717, 1.165) is 21.8 Å². The van der Waals surface area contributed by atoms with E-state index < -0.39 is 57.3 Å². The molecule has 3 N–H and O–H groups in total. The smallest absolute Gasteiger partial charge is 0.343 e. The van der Waals surface area contributed by atoms with Crippen LogP contribution in [-0.2, 0) is 53.0 Å². The minimum atomic E-state index is -1.84. The van der Waals surface area contributed by atoms with Crippen LogP contribution in [0.1, 0.15) is 60.9 Å². The monoisotopic (exact) mass is 1020 g/mol. The number of fused-ring (bicyclic) bond motifs is 1. The fraction of sp³-hybridized carbons (Fsp3) is 0.404. The Labute approximate surface area is 417 Å². The predicted molar refractivity (Wildman–Crippen MR) is 264 cm³/mol. The highest BCUT2D eigenvalue weighted by Gasteiger charge is 2.64. The largest absolute Gasteiger partial charge is 0.614 e. The number of quaternary nitrogens is 1. The molecule has 24 heteroatoms.